The molecule has 2 aromatic heterocycles. The van der Waals surface area contributed by atoms with E-state index >= 15 is 0 Å². The zero-order chi connectivity index (χ0) is 14.7. The average Bonchev–Trinajstić information content (AvgIpc) is 3.17. The number of aromatic nitrogens is 2. The Bertz CT molecular complexity index is 786. The second-order valence-electron chi connectivity index (χ2n) is 4.50. The van der Waals surface area contributed by atoms with Crippen LogP contribution in [0.3, 0.4) is 0 Å². The van der Waals surface area contributed by atoms with Crippen LogP contribution in [0.5, 0.6) is 0 Å². The molecule has 0 aliphatic rings. The van der Waals surface area contributed by atoms with Crippen molar-refractivity contribution in [1.29, 1.82) is 5.26 Å². The van der Waals surface area contributed by atoms with Gasteiger partial charge in [0, 0.05) is 22.7 Å². The molecule has 0 unspecified atom stereocenters. The minimum absolute atomic E-state index is 0.515. The predicted molar refractivity (Wildman–Crippen MR) is 80.8 cm³/mol. The molecule has 5 nitrogen and oxygen atoms in total. The van der Waals surface area contributed by atoms with Crippen LogP contribution in [-0.2, 0) is 6.54 Å². The van der Waals surface area contributed by atoms with Gasteiger partial charge in [0.2, 0.25) is 12.3 Å². The summed E-state index contributed by atoms with van der Waals surface area (Å²) in [6, 6.07) is 11.9. The monoisotopic (exact) mass is 296 g/mol. The second-order valence-corrected chi connectivity index (χ2v) is 5.67. The number of hydrogen-bond acceptors (Lipinski definition) is 6. The van der Waals surface area contributed by atoms with Crippen LogP contribution in [0.15, 0.2) is 41.1 Å². The van der Waals surface area contributed by atoms with Crippen molar-refractivity contribution in [1.82, 2.24) is 10.2 Å². The lowest BCUT2D eigenvalue weighted by molar-refractivity contribution is 0.568. The number of nitrogens with zero attached hydrogens (tertiary/aromatic N) is 3. The molecule has 3 aromatic rings. The number of rotatable bonds is 4. The summed E-state index contributed by atoms with van der Waals surface area (Å²) in [6.45, 7) is 2.73. The van der Waals surface area contributed by atoms with Crippen LogP contribution in [-0.4, -0.2) is 10.2 Å². The molecule has 0 aliphatic carbocycles. The van der Waals surface area contributed by atoms with E-state index in [2.05, 4.69) is 21.6 Å². The Morgan fingerprint density at radius 1 is 1.33 bits per heavy atom. The zero-order valence-electron chi connectivity index (χ0n) is 11.3. The summed E-state index contributed by atoms with van der Waals surface area (Å²) in [5.74, 6) is 0.515. The van der Waals surface area contributed by atoms with Gasteiger partial charge in [0.15, 0.2) is 0 Å². The van der Waals surface area contributed by atoms with Crippen molar-refractivity contribution >= 4 is 17.0 Å². The number of nitriles is 1. The first kappa shape index (κ1) is 13.3. The van der Waals surface area contributed by atoms with Crippen LogP contribution in [0.25, 0.3) is 11.5 Å². The first-order chi connectivity index (χ1) is 10.3. The molecule has 0 radical (unpaired) electrons. The fourth-order valence-electron chi connectivity index (χ4n) is 2.01. The molecule has 0 aliphatic heterocycles. The quantitative estimate of drug-likeness (QED) is 0.796. The van der Waals surface area contributed by atoms with Crippen molar-refractivity contribution in [2.75, 3.05) is 5.32 Å². The summed E-state index contributed by atoms with van der Waals surface area (Å²) in [4.78, 5) is 1.86. The minimum Gasteiger partial charge on any atom is -0.423 e. The lowest BCUT2D eigenvalue weighted by atomic mass is 10.1. The van der Waals surface area contributed by atoms with Crippen molar-refractivity contribution < 1.29 is 4.42 Å². The van der Waals surface area contributed by atoms with Crippen molar-refractivity contribution in [3.63, 3.8) is 0 Å². The molecule has 0 saturated heterocycles. The number of thiophene rings is 1. The lowest BCUT2D eigenvalue weighted by Crippen LogP contribution is -1.99. The molecule has 6 heteroatoms. The molecule has 1 aromatic carbocycles. The van der Waals surface area contributed by atoms with Gasteiger partial charge in [-0.15, -0.1) is 21.5 Å². The standard InChI is InChI=1S/C15H12N4OS/c1-10-6-11(15-19-18-9-20-15)2-5-14(10)17-8-13-4-3-12(7-16)21-13/h2-6,9,17H,8H2,1H3. The van der Waals surface area contributed by atoms with Gasteiger partial charge in [-0.1, -0.05) is 0 Å². The molecule has 3 rings (SSSR count). The molecule has 0 atom stereocenters. The number of anilines is 1. The van der Waals surface area contributed by atoms with Gasteiger partial charge >= 0.3 is 0 Å². The molecular formula is C15H12N4OS. The van der Waals surface area contributed by atoms with E-state index in [-0.39, 0.29) is 0 Å². The molecule has 0 fully saturated rings. The van der Waals surface area contributed by atoms with Crippen LogP contribution in [0.2, 0.25) is 0 Å². The Balaban J connectivity index is 1.73. The molecule has 0 bridgehead atoms. The predicted octanol–water partition coefficient (Wildman–Crippen LogP) is 3.59. The molecule has 0 spiro atoms. The first-order valence-electron chi connectivity index (χ1n) is 6.36. The van der Waals surface area contributed by atoms with E-state index in [9.17, 15) is 0 Å². The molecule has 1 N–H and O–H groups in total. The Hall–Kier alpha value is -2.65. The molecule has 2 heterocycles. The third kappa shape index (κ3) is 2.93. The summed E-state index contributed by atoms with van der Waals surface area (Å²) < 4.78 is 5.19. The van der Waals surface area contributed by atoms with Crippen LogP contribution < -0.4 is 5.32 Å². The van der Waals surface area contributed by atoms with E-state index in [0.717, 1.165) is 26.6 Å². The van der Waals surface area contributed by atoms with E-state index < -0.39 is 0 Å². The third-order valence-electron chi connectivity index (χ3n) is 3.06. The largest absolute Gasteiger partial charge is 0.423 e. The fourth-order valence-corrected chi connectivity index (χ4v) is 2.75. The Morgan fingerprint density at radius 3 is 2.90 bits per heavy atom. The smallest absolute Gasteiger partial charge is 0.247 e. The topological polar surface area (TPSA) is 74.7 Å². The highest BCUT2D eigenvalue weighted by Gasteiger charge is 2.06. The van der Waals surface area contributed by atoms with Gasteiger partial charge in [-0.2, -0.15) is 5.26 Å². The van der Waals surface area contributed by atoms with Crippen LogP contribution in [0, 0.1) is 18.3 Å². The third-order valence-corrected chi connectivity index (χ3v) is 4.05. The molecule has 21 heavy (non-hydrogen) atoms. The van der Waals surface area contributed by atoms with Crippen molar-refractivity contribution in [2.45, 2.75) is 13.5 Å². The molecular weight excluding hydrogens is 284 g/mol. The molecule has 0 saturated carbocycles. The maximum Gasteiger partial charge on any atom is 0.247 e. The van der Waals surface area contributed by atoms with Crippen molar-refractivity contribution in [2.24, 2.45) is 0 Å². The summed E-state index contributed by atoms with van der Waals surface area (Å²) >= 11 is 1.50. The van der Waals surface area contributed by atoms with Gasteiger partial charge in [0.25, 0.3) is 0 Å². The Kier molecular flexibility index (Phi) is 3.67. The van der Waals surface area contributed by atoms with Gasteiger partial charge in [0.05, 0.1) is 0 Å². The van der Waals surface area contributed by atoms with Gasteiger partial charge in [-0.05, 0) is 42.8 Å². The highest BCUT2D eigenvalue weighted by Crippen LogP contribution is 2.24. The Labute approximate surface area is 125 Å². The van der Waals surface area contributed by atoms with Gasteiger partial charge in [-0.25, -0.2) is 0 Å². The van der Waals surface area contributed by atoms with Crippen molar-refractivity contribution in [3.05, 3.63) is 52.0 Å². The minimum atomic E-state index is 0.515. The SMILES string of the molecule is Cc1cc(-c2nnco2)ccc1NCc1ccc(C#N)s1. The van der Waals surface area contributed by atoms with E-state index in [1.54, 1.807) is 0 Å². The van der Waals surface area contributed by atoms with Crippen LogP contribution in [0.1, 0.15) is 15.3 Å². The molecule has 0 amide bonds. The zero-order valence-corrected chi connectivity index (χ0v) is 12.1. The summed E-state index contributed by atoms with van der Waals surface area (Å²) in [5, 5.41) is 19.8. The number of benzene rings is 1. The summed E-state index contributed by atoms with van der Waals surface area (Å²) in [6.07, 6.45) is 1.32. The molecule has 104 valence electrons. The maximum atomic E-state index is 8.82. The Morgan fingerprint density at radius 2 is 2.24 bits per heavy atom. The van der Waals surface area contributed by atoms with Crippen LogP contribution in [0.4, 0.5) is 5.69 Å². The second kappa shape index (κ2) is 5.77. The normalized spacial score (nSPS) is 10.3. The van der Waals surface area contributed by atoms with E-state index in [0.29, 0.717) is 12.4 Å². The summed E-state index contributed by atoms with van der Waals surface area (Å²) in [7, 11) is 0. The highest BCUT2D eigenvalue weighted by atomic mass is 32.1. The van der Waals surface area contributed by atoms with Gasteiger partial charge in [-0.3, -0.25) is 0 Å². The average molecular weight is 296 g/mol. The van der Waals surface area contributed by atoms with Gasteiger partial charge in [0.1, 0.15) is 10.9 Å². The van der Waals surface area contributed by atoms with E-state index in [4.69, 9.17) is 9.68 Å². The van der Waals surface area contributed by atoms with E-state index in [1.807, 2.05) is 37.3 Å². The fraction of sp³-hybridized carbons (Fsp3) is 0.133. The highest BCUT2D eigenvalue weighted by molar-refractivity contribution is 7.12. The lowest BCUT2D eigenvalue weighted by Gasteiger charge is -2.09. The number of nitrogens with one attached hydrogen (secondary N) is 1. The van der Waals surface area contributed by atoms with Crippen molar-refractivity contribution in [3.8, 4) is 17.5 Å². The first-order valence-corrected chi connectivity index (χ1v) is 7.18. The maximum absolute atomic E-state index is 8.82. The van der Waals surface area contributed by atoms with Crippen LogP contribution >= 0.6 is 11.3 Å². The summed E-state index contributed by atoms with van der Waals surface area (Å²) in [5.41, 5.74) is 3.05. The number of hydrogen-bond donors (Lipinski definition) is 1. The van der Waals surface area contributed by atoms with Gasteiger partial charge < -0.3 is 9.73 Å². The number of aryl methyl sites for hydroxylation is 1. The van der Waals surface area contributed by atoms with E-state index in [1.165, 1.54) is 17.7 Å².